The molecule has 1 saturated carbocycles. The summed E-state index contributed by atoms with van der Waals surface area (Å²) in [6.45, 7) is 0.533. The van der Waals surface area contributed by atoms with E-state index in [2.05, 4.69) is 0 Å². The Morgan fingerprint density at radius 3 is 2.52 bits per heavy atom. The minimum atomic E-state index is -0.901. The van der Waals surface area contributed by atoms with Gasteiger partial charge in [0.15, 0.2) is 0 Å². The summed E-state index contributed by atoms with van der Waals surface area (Å²) in [5.41, 5.74) is 0.0858. The molecule has 0 radical (unpaired) electrons. The Morgan fingerprint density at radius 1 is 1.16 bits per heavy atom. The van der Waals surface area contributed by atoms with Gasteiger partial charge in [0.2, 0.25) is 5.91 Å². The van der Waals surface area contributed by atoms with Crippen LogP contribution in [0.2, 0.25) is 0 Å². The molecule has 1 aliphatic rings. The molecule has 0 spiro atoms. The lowest BCUT2D eigenvalue weighted by Crippen LogP contribution is -2.39. The van der Waals surface area contributed by atoms with Gasteiger partial charge in [-0.25, -0.2) is 0 Å². The molecule has 1 heterocycles. The molecule has 0 bridgehead atoms. The van der Waals surface area contributed by atoms with Crippen molar-refractivity contribution < 1.29 is 19.4 Å². The van der Waals surface area contributed by atoms with E-state index in [1.54, 1.807) is 17.0 Å². The number of hydrogen-bond donors (Lipinski definition) is 2. The number of amides is 1. The van der Waals surface area contributed by atoms with Crippen LogP contribution in [-0.2, 0) is 11.3 Å². The first kappa shape index (κ1) is 17.7. The van der Waals surface area contributed by atoms with Gasteiger partial charge < -0.3 is 19.5 Å². The monoisotopic (exact) mass is 343 g/mol. The van der Waals surface area contributed by atoms with E-state index >= 15 is 0 Å². The van der Waals surface area contributed by atoms with Crippen LogP contribution in [0.15, 0.2) is 53.1 Å². The second kappa shape index (κ2) is 7.85. The SMILES string of the molecule is O=C(CC1(O)CCCC1)N(Cc1ccccc1)CC(O)c1ccco1. The quantitative estimate of drug-likeness (QED) is 0.810. The van der Waals surface area contributed by atoms with Gasteiger partial charge in [0, 0.05) is 6.54 Å². The first-order valence-corrected chi connectivity index (χ1v) is 8.81. The Kier molecular flexibility index (Phi) is 5.56. The molecule has 5 nitrogen and oxygen atoms in total. The first-order chi connectivity index (χ1) is 12.1. The maximum Gasteiger partial charge on any atom is 0.225 e. The van der Waals surface area contributed by atoms with Crippen LogP contribution in [0.25, 0.3) is 0 Å². The van der Waals surface area contributed by atoms with E-state index in [-0.39, 0.29) is 18.9 Å². The predicted molar refractivity (Wildman–Crippen MR) is 93.6 cm³/mol. The van der Waals surface area contributed by atoms with Crippen LogP contribution in [0, 0.1) is 0 Å². The zero-order chi connectivity index (χ0) is 17.7. The molecule has 1 aliphatic carbocycles. The summed E-state index contributed by atoms with van der Waals surface area (Å²) in [5.74, 6) is 0.296. The Morgan fingerprint density at radius 2 is 1.88 bits per heavy atom. The number of aliphatic hydroxyl groups is 2. The van der Waals surface area contributed by atoms with Crippen molar-refractivity contribution in [3.8, 4) is 0 Å². The number of nitrogens with zero attached hydrogens (tertiary/aromatic N) is 1. The lowest BCUT2D eigenvalue weighted by Gasteiger charge is -2.29. The summed E-state index contributed by atoms with van der Waals surface area (Å²) in [6, 6.07) is 13.1. The molecule has 1 aromatic carbocycles. The van der Waals surface area contributed by atoms with Gasteiger partial charge in [-0.2, -0.15) is 0 Å². The fourth-order valence-corrected chi connectivity index (χ4v) is 3.44. The van der Waals surface area contributed by atoms with Crippen molar-refractivity contribution in [1.29, 1.82) is 0 Å². The Hall–Kier alpha value is -2.11. The molecular formula is C20H25NO4. The lowest BCUT2D eigenvalue weighted by molar-refractivity contribution is -0.138. The normalized spacial score (nSPS) is 17.4. The first-order valence-electron chi connectivity index (χ1n) is 8.81. The van der Waals surface area contributed by atoms with Crippen molar-refractivity contribution in [1.82, 2.24) is 4.90 Å². The van der Waals surface area contributed by atoms with E-state index < -0.39 is 11.7 Å². The standard InChI is InChI=1S/C20H25NO4/c22-17(18-9-6-12-25-18)15-21(14-16-7-2-1-3-8-16)19(23)13-20(24)10-4-5-11-20/h1-3,6-9,12,17,22,24H,4-5,10-11,13-15H2. The molecule has 3 rings (SSSR count). The van der Waals surface area contributed by atoms with Gasteiger partial charge in [-0.15, -0.1) is 0 Å². The van der Waals surface area contributed by atoms with E-state index in [4.69, 9.17) is 4.42 Å². The smallest absolute Gasteiger partial charge is 0.225 e. The van der Waals surface area contributed by atoms with Crippen LogP contribution in [0.4, 0.5) is 0 Å². The molecule has 1 amide bonds. The van der Waals surface area contributed by atoms with Crippen LogP contribution in [0.5, 0.6) is 0 Å². The second-order valence-corrected chi connectivity index (χ2v) is 6.90. The summed E-state index contributed by atoms with van der Waals surface area (Å²) in [6.07, 6.45) is 3.96. The van der Waals surface area contributed by atoms with Crippen LogP contribution < -0.4 is 0 Å². The molecular weight excluding hydrogens is 318 g/mol. The van der Waals surface area contributed by atoms with Gasteiger partial charge in [0.1, 0.15) is 11.9 Å². The third kappa shape index (κ3) is 4.71. The average Bonchev–Trinajstić information content (AvgIpc) is 3.27. The number of carbonyl (C=O) groups is 1. The van der Waals surface area contributed by atoms with Gasteiger partial charge >= 0.3 is 0 Å². The van der Waals surface area contributed by atoms with Gasteiger partial charge in [0.05, 0.1) is 24.8 Å². The number of carbonyl (C=O) groups excluding carboxylic acids is 1. The fraction of sp³-hybridized carbons (Fsp3) is 0.450. The molecule has 1 atom stereocenters. The van der Waals surface area contributed by atoms with Gasteiger partial charge in [0.25, 0.3) is 0 Å². The number of benzene rings is 1. The highest BCUT2D eigenvalue weighted by molar-refractivity contribution is 5.77. The highest BCUT2D eigenvalue weighted by Crippen LogP contribution is 2.33. The number of rotatable bonds is 7. The minimum Gasteiger partial charge on any atom is -0.467 e. The topological polar surface area (TPSA) is 73.9 Å². The maximum absolute atomic E-state index is 12.8. The van der Waals surface area contributed by atoms with Crippen LogP contribution >= 0.6 is 0 Å². The highest BCUT2D eigenvalue weighted by Gasteiger charge is 2.35. The maximum atomic E-state index is 12.8. The Bertz CT molecular complexity index is 662. The van der Waals surface area contributed by atoms with E-state index in [1.807, 2.05) is 30.3 Å². The molecule has 1 fully saturated rings. The van der Waals surface area contributed by atoms with Crippen LogP contribution in [0.3, 0.4) is 0 Å². The lowest BCUT2D eigenvalue weighted by atomic mass is 9.97. The Labute approximate surface area is 147 Å². The van der Waals surface area contributed by atoms with Crippen LogP contribution in [-0.4, -0.2) is 33.2 Å². The van der Waals surface area contributed by atoms with E-state index in [9.17, 15) is 15.0 Å². The Balaban J connectivity index is 1.72. The molecule has 0 saturated heterocycles. The summed E-state index contributed by atoms with van der Waals surface area (Å²) >= 11 is 0. The van der Waals surface area contributed by atoms with E-state index in [0.29, 0.717) is 25.1 Å². The zero-order valence-electron chi connectivity index (χ0n) is 14.3. The molecule has 2 N–H and O–H groups in total. The van der Waals surface area contributed by atoms with Gasteiger partial charge in [-0.3, -0.25) is 4.79 Å². The predicted octanol–water partition coefficient (Wildman–Crippen LogP) is 3.04. The van der Waals surface area contributed by atoms with Gasteiger partial charge in [-0.05, 0) is 30.5 Å². The van der Waals surface area contributed by atoms with E-state index in [1.165, 1.54) is 6.26 Å². The second-order valence-electron chi connectivity index (χ2n) is 6.90. The number of hydrogen-bond acceptors (Lipinski definition) is 4. The molecule has 5 heteroatoms. The largest absolute Gasteiger partial charge is 0.467 e. The van der Waals surface area contributed by atoms with Crippen molar-refractivity contribution >= 4 is 5.91 Å². The van der Waals surface area contributed by atoms with Crippen LogP contribution in [0.1, 0.15) is 49.5 Å². The van der Waals surface area contributed by atoms with Crippen molar-refractivity contribution in [2.24, 2.45) is 0 Å². The number of aliphatic hydroxyl groups excluding tert-OH is 1. The third-order valence-corrected chi connectivity index (χ3v) is 4.85. The van der Waals surface area contributed by atoms with E-state index in [0.717, 1.165) is 18.4 Å². The summed E-state index contributed by atoms with van der Waals surface area (Å²) in [4.78, 5) is 14.4. The fourth-order valence-electron chi connectivity index (χ4n) is 3.44. The molecule has 25 heavy (non-hydrogen) atoms. The van der Waals surface area contributed by atoms with Crippen molar-refractivity contribution in [3.63, 3.8) is 0 Å². The molecule has 1 unspecified atom stereocenters. The molecule has 134 valence electrons. The zero-order valence-corrected chi connectivity index (χ0v) is 14.3. The molecule has 0 aliphatic heterocycles. The summed E-state index contributed by atoms with van der Waals surface area (Å²) < 4.78 is 5.24. The summed E-state index contributed by atoms with van der Waals surface area (Å²) in [7, 11) is 0. The van der Waals surface area contributed by atoms with Crippen molar-refractivity contribution in [3.05, 3.63) is 60.1 Å². The minimum absolute atomic E-state index is 0.102. The van der Waals surface area contributed by atoms with Gasteiger partial charge in [-0.1, -0.05) is 43.2 Å². The number of furan rings is 1. The molecule has 1 aromatic heterocycles. The van der Waals surface area contributed by atoms with Crippen molar-refractivity contribution in [2.75, 3.05) is 6.54 Å². The van der Waals surface area contributed by atoms with Crippen molar-refractivity contribution in [2.45, 2.75) is 50.4 Å². The highest BCUT2D eigenvalue weighted by atomic mass is 16.4. The third-order valence-electron chi connectivity index (χ3n) is 4.85. The molecule has 2 aromatic rings. The summed E-state index contributed by atoms with van der Waals surface area (Å²) in [5, 5.41) is 20.9. The average molecular weight is 343 g/mol.